The Morgan fingerprint density at radius 2 is 2.33 bits per heavy atom. The van der Waals surface area contributed by atoms with Gasteiger partial charge in [0, 0.05) is 0 Å². The van der Waals surface area contributed by atoms with E-state index in [-0.39, 0.29) is 6.29 Å². The van der Waals surface area contributed by atoms with Crippen molar-refractivity contribution in [1.82, 2.24) is 0 Å². The highest BCUT2D eigenvalue weighted by Gasteiger charge is 2.20. The molecule has 1 saturated heterocycles. The van der Waals surface area contributed by atoms with Crippen molar-refractivity contribution in [3.63, 3.8) is 0 Å². The van der Waals surface area contributed by atoms with Gasteiger partial charge < -0.3 is 9.47 Å². The van der Waals surface area contributed by atoms with Crippen LogP contribution in [-0.4, -0.2) is 19.0 Å². The lowest BCUT2D eigenvalue weighted by atomic mass is 10.3. The summed E-state index contributed by atoms with van der Waals surface area (Å²) in [4.78, 5) is 0. The molecule has 54 valence electrons. The molecule has 2 atom stereocenters. The summed E-state index contributed by atoms with van der Waals surface area (Å²) in [7, 11) is 0. The van der Waals surface area contributed by atoms with Gasteiger partial charge >= 0.3 is 0 Å². The molecule has 0 spiro atoms. The molecule has 0 saturated carbocycles. The average Bonchev–Trinajstić information content (AvgIpc) is 2.17. The highest BCUT2D eigenvalue weighted by molar-refractivity contribution is 4.58. The van der Waals surface area contributed by atoms with Gasteiger partial charge in [0.25, 0.3) is 0 Å². The van der Waals surface area contributed by atoms with Gasteiger partial charge in [-0.3, -0.25) is 0 Å². The third kappa shape index (κ3) is 1.95. The number of ether oxygens (including phenoxy) is 2. The standard InChI is InChI=1S/C7H14O2/c1-3-4-7-8-5-6(2)9-7/h6-7H,3-5H2,1-2H3/t6-,7-/m0/s1. The van der Waals surface area contributed by atoms with Crippen molar-refractivity contribution in [3.05, 3.63) is 0 Å². The number of hydrogen-bond acceptors (Lipinski definition) is 2. The average molecular weight is 130 g/mol. The van der Waals surface area contributed by atoms with Crippen LogP contribution in [0, 0.1) is 0 Å². The molecular weight excluding hydrogens is 116 g/mol. The fourth-order valence-corrected chi connectivity index (χ4v) is 0.968. The van der Waals surface area contributed by atoms with Crippen LogP contribution in [0.15, 0.2) is 0 Å². The Morgan fingerprint density at radius 1 is 1.56 bits per heavy atom. The molecule has 1 aliphatic rings. The molecule has 0 radical (unpaired) electrons. The Kier molecular flexibility index (Phi) is 2.49. The van der Waals surface area contributed by atoms with Gasteiger partial charge in [0.15, 0.2) is 6.29 Å². The Morgan fingerprint density at radius 3 is 2.78 bits per heavy atom. The second-order valence-electron chi connectivity index (χ2n) is 2.50. The van der Waals surface area contributed by atoms with Crippen LogP contribution in [0.1, 0.15) is 26.7 Å². The topological polar surface area (TPSA) is 18.5 Å². The largest absolute Gasteiger partial charge is 0.350 e. The van der Waals surface area contributed by atoms with Crippen LogP contribution < -0.4 is 0 Å². The molecule has 1 fully saturated rings. The summed E-state index contributed by atoms with van der Waals surface area (Å²) in [6.07, 6.45) is 2.56. The third-order valence-corrected chi connectivity index (χ3v) is 1.43. The van der Waals surface area contributed by atoms with E-state index in [4.69, 9.17) is 9.47 Å². The second-order valence-corrected chi connectivity index (χ2v) is 2.50. The van der Waals surface area contributed by atoms with E-state index < -0.39 is 0 Å². The lowest BCUT2D eigenvalue weighted by Gasteiger charge is -2.06. The smallest absolute Gasteiger partial charge is 0.158 e. The number of rotatable bonds is 2. The quantitative estimate of drug-likeness (QED) is 0.564. The Labute approximate surface area is 56.2 Å². The maximum Gasteiger partial charge on any atom is 0.158 e. The van der Waals surface area contributed by atoms with Crippen LogP contribution in [0.3, 0.4) is 0 Å². The zero-order valence-electron chi connectivity index (χ0n) is 6.09. The Hall–Kier alpha value is -0.0800. The van der Waals surface area contributed by atoms with Gasteiger partial charge in [-0.2, -0.15) is 0 Å². The van der Waals surface area contributed by atoms with E-state index in [1.165, 1.54) is 0 Å². The van der Waals surface area contributed by atoms with Gasteiger partial charge in [0.2, 0.25) is 0 Å². The molecule has 1 aliphatic heterocycles. The highest BCUT2D eigenvalue weighted by Crippen LogP contribution is 2.14. The van der Waals surface area contributed by atoms with Gasteiger partial charge in [-0.05, 0) is 13.3 Å². The van der Waals surface area contributed by atoms with E-state index >= 15 is 0 Å². The van der Waals surface area contributed by atoms with E-state index in [1.54, 1.807) is 0 Å². The van der Waals surface area contributed by atoms with E-state index in [0.29, 0.717) is 6.10 Å². The summed E-state index contributed by atoms with van der Waals surface area (Å²) in [6, 6.07) is 0. The summed E-state index contributed by atoms with van der Waals surface area (Å²) in [6.45, 7) is 4.94. The summed E-state index contributed by atoms with van der Waals surface area (Å²) < 4.78 is 10.7. The van der Waals surface area contributed by atoms with Crippen LogP contribution >= 0.6 is 0 Å². The van der Waals surface area contributed by atoms with Crippen LogP contribution in [0.4, 0.5) is 0 Å². The maximum atomic E-state index is 5.38. The summed E-state index contributed by atoms with van der Waals surface area (Å²) in [5, 5.41) is 0. The summed E-state index contributed by atoms with van der Waals surface area (Å²) in [5.74, 6) is 0. The first-order valence-electron chi connectivity index (χ1n) is 3.60. The zero-order chi connectivity index (χ0) is 6.69. The van der Waals surface area contributed by atoms with Crippen LogP contribution in [0.5, 0.6) is 0 Å². The van der Waals surface area contributed by atoms with Crippen molar-refractivity contribution in [1.29, 1.82) is 0 Å². The van der Waals surface area contributed by atoms with Gasteiger partial charge in [-0.15, -0.1) is 0 Å². The third-order valence-electron chi connectivity index (χ3n) is 1.43. The molecule has 1 rings (SSSR count). The van der Waals surface area contributed by atoms with Crippen molar-refractivity contribution < 1.29 is 9.47 Å². The molecule has 0 aromatic carbocycles. The molecule has 2 nitrogen and oxygen atoms in total. The minimum atomic E-state index is 0.0880. The van der Waals surface area contributed by atoms with Crippen molar-refractivity contribution in [3.8, 4) is 0 Å². The molecule has 0 aromatic rings. The first-order valence-corrected chi connectivity index (χ1v) is 3.60. The molecule has 0 aromatic heterocycles. The summed E-state index contributed by atoms with van der Waals surface area (Å²) in [5.41, 5.74) is 0. The van der Waals surface area contributed by atoms with Crippen molar-refractivity contribution >= 4 is 0 Å². The first kappa shape index (κ1) is 7.03. The molecule has 0 unspecified atom stereocenters. The maximum absolute atomic E-state index is 5.38. The van der Waals surface area contributed by atoms with Crippen molar-refractivity contribution in [2.75, 3.05) is 6.61 Å². The van der Waals surface area contributed by atoms with Crippen molar-refractivity contribution in [2.45, 2.75) is 39.1 Å². The van der Waals surface area contributed by atoms with Gasteiger partial charge in [-0.25, -0.2) is 0 Å². The van der Waals surface area contributed by atoms with Gasteiger partial charge in [0.05, 0.1) is 12.7 Å². The SMILES string of the molecule is CCC[C@H]1OC[C@H](C)O1. The minimum Gasteiger partial charge on any atom is -0.350 e. The van der Waals surface area contributed by atoms with Crippen LogP contribution in [0.25, 0.3) is 0 Å². The molecule has 2 heteroatoms. The van der Waals surface area contributed by atoms with E-state index in [2.05, 4.69) is 6.92 Å². The van der Waals surface area contributed by atoms with E-state index in [0.717, 1.165) is 19.4 Å². The highest BCUT2D eigenvalue weighted by atomic mass is 16.7. The fraction of sp³-hybridized carbons (Fsp3) is 1.00. The minimum absolute atomic E-state index is 0.0880. The monoisotopic (exact) mass is 130 g/mol. The van der Waals surface area contributed by atoms with E-state index in [1.807, 2.05) is 6.92 Å². The molecule has 0 N–H and O–H groups in total. The normalized spacial score (nSPS) is 35.3. The number of hydrogen-bond donors (Lipinski definition) is 0. The molecule has 1 heterocycles. The Bertz CT molecular complexity index is 81.0. The molecular formula is C7H14O2. The van der Waals surface area contributed by atoms with E-state index in [9.17, 15) is 0 Å². The van der Waals surface area contributed by atoms with Gasteiger partial charge in [0.1, 0.15) is 0 Å². The summed E-state index contributed by atoms with van der Waals surface area (Å²) >= 11 is 0. The predicted molar refractivity (Wildman–Crippen MR) is 35.2 cm³/mol. The van der Waals surface area contributed by atoms with Crippen molar-refractivity contribution in [2.24, 2.45) is 0 Å². The van der Waals surface area contributed by atoms with Crippen LogP contribution in [0.2, 0.25) is 0 Å². The predicted octanol–water partition coefficient (Wildman–Crippen LogP) is 1.55. The molecule has 9 heavy (non-hydrogen) atoms. The fourth-order valence-electron chi connectivity index (χ4n) is 0.968. The lowest BCUT2D eigenvalue weighted by Crippen LogP contribution is -2.08. The van der Waals surface area contributed by atoms with Gasteiger partial charge in [-0.1, -0.05) is 13.3 Å². The Balaban J connectivity index is 2.14. The first-order chi connectivity index (χ1) is 4.33. The molecule has 0 bridgehead atoms. The molecule has 0 aliphatic carbocycles. The zero-order valence-corrected chi connectivity index (χ0v) is 6.09. The lowest BCUT2D eigenvalue weighted by molar-refractivity contribution is -0.0593. The molecule has 0 amide bonds. The second kappa shape index (κ2) is 3.18. The van der Waals surface area contributed by atoms with Crippen LogP contribution in [-0.2, 0) is 9.47 Å².